The number of aliphatic hydroxyl groups is 5. The first-order chi connectivity index (χ1) is 18.4. The lowest BCUT2D eigenvalue weighted by Crippen LogP contribution is -2.69. The summed E-state index contributed by atoms with van der Waals surface area (Å²) in [6.45, 7) is 3.98. The molecule has 13 atom stereocenters. The molecule has 0 aromatic rings. The van der Waals surface area contributed by atoms with Crippen molar-refractivity contribution in [1.29, 1.82) is 0 Å². The van der Waals surface area contributed by atoms with Gasteiger partial charge >= 0.3 is 5.97 Å². The van der Waals surface area contributed by atoms with Crippen molar-refractivity contribution in [3.05, 3.63) is 11.6 Å². The van der Waals surface area contributed by atoms with Gasteiger partial charge in [-0.3, -0.25) is 0 Å². The van der Waals surface area contributed by atoms with E-state index in [2.05, 4.69) is 6.92 Å². The lowest BCUT2D eigenvalue weighted by molar-refractivity contribution is -0.317. The third-order valence-electron chi connectivity index (χ3n) is 12.0. The Hall–Kier alpha value is -1.40. The molecule has 0 radical (unpaired) electrons. The van der Waals surface area contributed by atoms with E-state index in [1.54, 1.807) is 13.0 Å². The number of carbonyl (C=O) groups excluding carboxylic acids is 2. The second-order valence-electron chi connectivity index (χ2n) is 13.4. The molecule has 10 heteroatoms. The number of aldehydes is 1. The molecule has 0 aromatic carbocycles. The highest BCUT2D eigenvalue weighted by atomic mass is 16.7. The maximum absolute atomic E-state index is 13.0. The molecule has 0 spiro atoms. The Kier molecular flexibility index (Phi) is 6.62. The summed E-state index contributed by atoms with van der Waals surface area (Å²) in [7, 11) is 0. The van der Waals surface area contributed by atoms with E-state index >= 15 is 0 Å². The standard InChI is InChI=1S/C29H42O10/c1-15-22(32)23(33)24(34)25(38-15)39-17-3-8-27(14-30)19-4-7-26(2)18(16-11-21(31)37-13-16)6-10-29(26,36)20(19)5-9-28(27,35)12-17/h11,14-15,17-20,22-25,32-36H,3-10,12-13H2,1-2H3/t15-,17-,18+,19-,20+,22+,23+,24-,25-,26+,27-,28-,29-/m0/s1. The maximum atomic E-state index is 13.0. The van der Waals surface area contributed by atoms with Gasteiger partial charge in [0.1, 0.15) is 31.2 Å². The molecule has 10 nitrogen and oxygen atoms in total. The van der Waals surface area contributed by atoms with Crippen LogP contribution in [0.15, 0.2) is 11.6 Å². The van der Waals surface area contributed by atoms with Gasteiger partial charge < -0.3 is 44.5 Å². The summed E-state index contributed by atoms with van der Waals surface area (Å²) in [6, 6.07) is 0. The minimum absolute atomic E-state index is 0.0465. The van der Waals surface area contributed by atoms with Crippen molar-refractivity contribution in [1.82, 2.24) is 0 Å². The molecule has 6 rings (SSSR count). The molecule has 4 saturated carbocycles. The van der Waals surface area contributed by atoms with Crippen LogP contribution in [0.5, 0.6) is 0 Å². The average Bonchev–Trinajstić information content (AvgIpc) is 3.45. The maximum Gasteiger partial charge on any atom is 0.331 e. The normalized spacial score (nSPS) is 55.2. The van der Waals surface area contributed by atoms with Gasteiger partial charge in [0, 0.05) is 17.9 Å². The van der Waals surface area contributed by atoms with Gasteiger partial charge in [-0.2, -0.15) is 0 Å². The van der Waals surface area contributed by atoms with Crippen LogP contribution in [0.3, 0.4) is 0 Å². The van der Waals surface area contributed by atoms with Crippen molar-refractivity contribution >= 4 is 12.3 Å². The number of hydrogen-bond donors (Lipinski definition) is 5. The molecular formula is C29H42O10. The third-order valence-corrected chi connectivity index (χ3v) is 12.0. The van der Waals surface area contributed by atoms with E-state index in [0.717, 1.165) is 18.3 Å². The third kappa shape index (κ3) is 3.78. The molecule has 0 unspecified atom stereocenters. The predicted molar refractivity (Wildman–Crippen MR) is 135 cm³/mol. The first-order valence-corrected chi connectivity index (χ1v) is 14.5. The van der Waals surface area contributed by atoms with Crippen molar-refractivity contribution in [2.45, 2.75) is 120 Å². The number of fused-ring (bicyclic) bond motifs is 5. The number of esters is 1. The van der Waals surface area contributed by atoms with E-state index < -0.39 is 58.8 Å². The molecule has 2 heterocycles. The van der Waals surface area contributed by atoms with Crippen LogP contribution < -0.4 is 0 Å². The van der Waals surface area contributed by atoms with Gasteiger partial charge in [0.2, 0.25) is 0 Å². The molecule has 1 saturated heterocycles. The van der Waals surface area contributed by atoms with E-state index in [0.29, 0.717) is 44.9 Å². The van der Waals surface area contributed by atoms with Crippen LogP contribution >= 0.6 is 0 Å². The summed E-state index contributed by atoms with van der Waals surface area (Å²) in [5.41, 5.74) is -2.86. The lowest BCUT2D eigenvalue weighted by atomic mass is 9.41. The van der Waals surface area contributed by atoms with Gasteiger partial charge in [-0.15, -0.1) is 0 Å². The summed E-state index contributed by atoms with van der Waals surface area (Å²) in [5, 5.41) is 55.0. The molecule has 5 N–H and O–H groups in total. The van der Waals surface area contributed by atoms with Crippen molar-refractivity contribution in [3.63, 3.8) is 0 Å². The number of cyclic esters (lactones) is 1. The second-order valence-corrected chi connectivity index (χ2v) is 13.4. The average molecular weight is 551 g/mol. The van der Waals surface area contributed by atoms with Crippen molar-refractivity contribution in [2.75, 3.05) is 6.61 Å². The number of carbonyl (C=O) groups is 2. The first kappa shape index (κ1) is 27.8. The van der Waals surface area contributed by atoms with Crippen LogP contribution in [0.25, 0.3) is 0 Å². The summed E-state index contributed by atoms with van der Waals surface area (Å²) in [4.78, 5) is 24.8. The molecule has 6 aliphatic rings. The molecule has 0 aromatic heterocycles. The van der Waals surface area contributed by atoms with E-state index in [1.165, 1.54) is 0 Å². The van der Waals surface area contributed by atoms with Crippen molar-refractivity contribution in [2.24, 2.45) is 28.6 Å². The van der Waals surface area contributed by atoms with Crippen molar-refractivity contribution < 1.29 is 49.3 Å². The molecule has 2 aliphatic heterocycles. The summed E-state index contributed by atoms with van der Waals surface area (Å²) in [6.07, 6.45) is 0.689. The van der Waals surface area contributed by atoms with Crippen LogP contribution in [-0.4, -0.2) is 92.4 Å². The number of ether oxygens (including phenoxy) is 3. The number of rotatable bonds is 4. The highest BCUT2D eigenvalue weighted by molar-refractivity contribution is 5.85. The molecule has 218 valence electrons. The summed E-state index contributed by atoms with van der Waals surface area (Å²) < 4.78 is 16.9. The van der Waals surface area contributed by atoms with E-state index in [9.17, 15) is 35.1 Å². The quantitative estimate of drug-likeness (QED) is 0.192. The lowest BCUT2D eigenvalue weighted by Gasteiger charge is -2.65. The fraction of sp³-hybridized carbons (Fsp3) is 0.862. The van der Waals surface area contributed by atoms with E-state index in [1.807, 2.05) is 0 Å². The first-order valence-electron chi connectivity index (χ1n) is 14.5. The number of hydrogen-bond acceptors (Lipinski definition) is 10. The highest BCUT2D eigenvalue weighted by Gasteiger charge is 2.71. The zero-order valence-electron chi connectivity index (χ0n) is 22.7. The SMILES string of the molecule is C[C@@H]1O[C@@H](O[C@H]2CC[C@]3(C=O)[C@H]4CC[C@]5(C)[C@@H](C6=CC(=O)OC6)CC[C@]5(O)[C@@H]4CC[C@]3(O)C2)[C@@H](O)[C@H](O)[C@@H]1O. The molecule has 0 amide bonds. The summed E-state index contributed by atoms with van der Waals surface area (Å²) in [5.74, 6) is -0.616. The zero-order valence-corrected chi connectivity index (χ0v) is 22.7. The van der Waals surface area contributed by atoms with Gasteiger partial charge in [-0.25, -0.2) is 4.79 Å². The minimum atomic E-state index is -1.43. The van der Waals surface area contributed by atoms with Crippen molar-refractivity contribution in [3.8, 4) is 0 Å². The van der Waals surface area contributed by atoms with Gasteiger partial charge in [0.15, 0.2) is 6.29 Å². The second kappa shape index (κ2) is 9.31. The Morgan fingerprint density at radius 1 is 0.974 bits per heavy atom. The highest BCUT2D eigenvalue weighted by Crippen LogP contribution is 2.70. The zero-order chi connectivity index (χ0) is 28.0. The van der Waals surface area contributed by atoms with Crippen LogP contribution in [0.4, 0.5) is 0 Å². The molecule has 39 heavy (non-hydrogen) atoms. The Balaban J connectivity index is 1.22. The van der Waals surface area contributed by atoms with Crippen LogP contribution in [0.2, 0.25) is 0 Å². The van der Waals surface area contributed by atoms with Crippen LogP contribution in [0, 0.1) is 28.6 Å². The monoisotopic (exact) mass is 550 g/mol. The fourth-order valence-electron chi connectivity index (χ4n) is 9.75. The van der Waals surface area contributed by atoms with Crippen LogP contribution in [0.1, 0.15) is 71.6 Å². The fourth-order valence-corrected chi connectivity index (χ4v) is 9.75. The topological polar surface area (TPSA) is 163 Å². The minimum Gasteiger partial charge on any atom is -0.458 e. The smallest absolute Gasteiger partial charge is 0.331 e. The Labute approximate surface area is 228 Å². The predicted octanol–water partition coefficient (Wildman–Crippen LogP) is 0.750. The molecule has 5 fully saturated rings. The number of aliphatic hydroxyl groups excluding tert-OH is 3. The largest absolute Gasteiger partial charge is 0.458 e. The van der Waals surface area contributed by atoms with Gasteiger partial charge in [-0.1, -0.05) is 6.92 Å². The van der Waals surface area contributed by atoms with Gasteiger partial charge in [0.05, 0.1) is 28.8 Å². The molecular weight excluding hydrogens is 508 g/mol. The Morgan fingerprint density at radius 2 is 1.72 bits per heavy atom. The van der Waals surface area contributed by atoms with E-state index in [-0.39, 0.29) is 36.8 Å². The molecule has 0 bridgehead atoms. The summed E-state index contributed by atoms with van der Waals surface area (Å²) >= 11 is 0. The Morgan fingerprint density at radius 3 is 2.41 bits per heavy atom. The van der Waals surface area contributed by atoms with Gasteiger partial charge in [0.25, 0.3) is 0 Å². The molecule has 4 aliphatic carbocycles. The van der Waals surface area contributed by atoms with E-state index in [4.69, 9.17) is 14.2 Å². The Bertz CT molecular complexity index is 1050. The van der Waals surface area contributed by atoms with Crippen LogP contribution in [-0.2, 0) is 23.8 Å². The van der Waals surface area contributed by atoms with Gasteiger partial charge in [-0.05, 0) is 81.6 Å².